The summed E-state index contributed by atoms with van der Waals surface area (Å²) in [5.74, 6) is 3.88. The van der Waals surface area contributed by atoms with Gasteiger partial charge in [0.25, 0.3) is 5.91 Å². The Morgan fingerprint density at radius 2 is 1.78 bits per heavy atom. The Hall–Kier alpha value is -4.37. The zero-order chi connectivity index (χ0) is 26.2. The second kappa shape index (κ2) is 12.0. The van der Waals surface area contributed by atoms with Crippen LogP contribution in [0.1, 0.15) is 38.3 Å². The molecule has 0 spiro atoms. The molecular weight excluding hydrogens is 468 g/mol. The van der Waals surface area contributed by atoms with Crippen LogP contribution in [0.5, 0.6) is 0 Å². The number of carbonyl (C=O) groups excluding carboxylic acids is 1. The van der Waals surface area contributed by atoms with Crippen molar-refractivity contribution in [2.75, 3.05) is 48.8 Å². The Labute approximate surface area is 216 Å². The van der Waals surface area contributed by atoms with Gasteiger partial charge in [0, 0.05) is 48.8 Å². The second-order valence-electron chi connectivity index (χ2n) is 9.08. The topological polar surface area (TPSA) is 123 Å². The van der Waals surface area contributed by atoms with E-state index in [9.17, 15) is 14.7 Å². The molecule has 192 valence electrons. The lowest BCUT2D eigenvalue weighted by atomic mass is 10.1. The molecule has 1 aliphatic rings. The van der Waals surface area contributed by atoms with Crippen LogP contribution < -0.4 is 21.4 Å². The normalized spacial score (nSPS) is 14.4. The molecule has 4 rings (SSSR count). The quantitative estimate of drug-likeness (QED) is 0.211. The number of benzene rings is 3. The Morgan fingerprint density at radius 3 is 2.54 bits per heavy atom. The fourth-order valence-electron chi connectivity index (χ4n) is 4.32. The Balaban J connectivity index is 1.49. The summed E-state index contributed by atoms with van der Waals surface area (Å²) >= 11 is 0. The minimum Gasteiger partial charge on any atom is -0.478 e. The molecule has 1 heterocycles. The fraction of sp³-hybridized carbons (Fsp3) is 0.250. The first-order valence-electron chi connectivity index (χ1n) is 12.2. The highest BCUT2D eigenvalue weighted by Crippen LogP contribution is 2.23. The van der Waals surface area contributed by atoms with Crippen LogP contribution in [0, 0.1) is 0 Å². The first-order valence-corrected chi connectivity index (χ1v) is 12.2. The van der Waals surface area contributed by atoms with E-state index in [1.807, 2.05) is 48.5 Å². The third-order valence-corrected chi connectivity index (χ3v) is 6.41. The summed E-state index contributed by atoms with van der Waals surface area (Å²) in [7, 11) is 2.13. The van der Waals surface area contributed by atoms with E-state index in [2.05, 4.69) is 32.6 Å². The van der Waals surface area contributed by atoms with E-state index >= 15 is 0 Å². The second-order valence-corrected chi connectivity index (χ2v) is 9.08. The molecule has 0 bridgehead atoms. The van der Waals surface area contributed by atoms with Crippen molar-refractivity contribution in [2.24, 2.45) is 10.9 Å². The smallest absolute Gasteiger partial charge is 0.335 e. The molecule has 0 atom stereocenters. The van der Waals surface area contributed by atoms with Gasteiger partial charge in [0.05, 0.1) is 11.8 Å². The van der Waals surface area contributed by atoms with Gasteiger partial charge in [-0.1, -0.05) is 18.2 Å². The van der Waals surface area contributed by atoms with E-state index in [-0.39, 0.29) is 11.5 Å². The molecular formula is C28H32N6O3. The summed E-state index contributed by atoms with van der Waals surface area (Å²) in [4.78, 5) is 29.3. The van der Waals surface area contributed by atoms with Gasteiger partial charge in [-0.2, -0.15) is 5.10 Å². The van der Waals surface area contributed by atoms with Gasteiger partial charge in [-0.05, 0) is 79.7 Å². The van der Waals surface area contributed by atoms with Crippen LogP contribution in [-0.4, -0.2) is 61.3 Å². The third-order valence-electron chi connectivity index (χ3n) is 6.41. The number of likely N-dealkylation sites (N-methyl/N-ethyl adjacent to an activating group) is 1. The van der Waals surface area contributed by atoms with Gasteiger partial charge in [0.2, 0.25) is 0 Å². The molecule has 1 amide bonds. The van der Waals surface area contributed by atoms with Crippen molar-refractivity contribution < 1.29 is 14.7 Å². The number of hydrogen-bond donors (Lipinski definition) is 4. The average Bonchev–Trinajstić information content (AvgIpc) is 3.12. The lowest BCUT2D eigenvalue weighted by Gasteiger charge is -2.23. The van der Waals surface area contributed by atoms with Gasteiger partial charge in [-0.25, -0.2) is 4.79 Å². The predicted molar refractivity (Wildman–Crippen MR) is 148 cm³/mol. The molecule has 5 N–H and O–H groups in total. The molecule has 0 radical (unpaired) electrons. The van der Waals surface area contributed by atoms with E-state index < -0.39 is 5.97 Å². The lowest BCUT2D eigenvalue weighted by Crippen LogP contribution is -2.28. The van der Waals surface area contributed by atoms with E-state index in [1.165, 1.54) is 12.1 Å². The Kier molecular flexibility index (Phi) is 8.37. The first kappa shape index (κ1) is 25.7. The van der Waals surface area contributed by atoms with E-state index in [1.54, 1.807) is 12.3 Å². The van der Waals surface area contributed by atoms with E-state index in [4.69, 9.17) is 5.84 Å². The summed E-state index contributed by atoms with van der Waals surface area (Å²) in [5, 5.41) is 19.2. The molecule has 0 aromatic heterocycles. The van der Waals surface area contributed by atoms with Crippen LogP contribution in [0.4, 0.5) is 17.1 Å². The zero-order valence-corrected chi connectivity index (χ0v) is 20.9. The van der Waals surface area contributed by atoms with E-state index in [0.29, 0.717) is 17.8 Å². The van der Waals surface area contributed by atoms with Gasteiger partial charge in [-0.15, -0.1) is 0 Å². The summed E-state index contributed by atoms with van der Waals surface area (Å²) in [5.41, 5.74) is 4.57. The van der Waals surface area contributed by atoms with Crippen LogP contribution in [0.15, 0.2) is 71.8 Å². The lowest BCUT2D eigenvalue weighted by molar-refractivity contribution is 0.0696. The van der Waals surface area contributed by atoms with Gasteiger partial charge in [0.15, 0.2) is 0 Å². The molecule has 1 aliphatic heterocycles. The summed E-state index contributed by atoms with van der Waals surface area (Å²) in [6.45, 7) is 4.39. The maximum absolute atomic E-state index is 13.1. The molecule has 9 heteroatoms. The number of carboxylic acid groups (broad SMARTS) is 1. The first-order chi connectivity index (χ1) is 17.9. The van der Waals surface area contributed by atoms with Gasteiger partial charge in [-0.3, -0.25) is 4.79 Å². The SMILES string of the molecule is CN1CCCN(c2ccc(C(=O)Nc3cc(C(=O)O)ccc3CNc3cccc(C=NN)c3)cc2)CC1. The number of nitrogens with one attached hydrogen (secondary N) is 2. The largest absolute Gasteiger partial charge is 0.478 e. The monoisotopic (exact) mass is 500 g/mol. The minimum absolute atomic E-state index is 0.0988. The van der Waals surface area contributed by atoms with Gasteiger partial charge in [0.1, 0.15) is 0 Å². The zero-order valence-electron chi connectivity index (χ0n) is 20.9. The number of nitrogens with zero attached hydrogens (tertiary/aromatic N) is 3. The Bertz CT molecular complexity index is 1280. The summed E-state index contributed by atoms with van der Waals surface area (Å²) in [6.07, 6.45) is 2.65. The molecule has 37 heavy (non-hydrogen) atoms. The molecule has 0 saturated carbocycles. The molecule has 3 aromatic carbocycles. The van der Waals surface area contributed by atoms with Crippen molar-refractivity contribution in [2.45, 2.75) is 13.0 Å². The van der Waals surface area contributed by atoms with E-state index in [0.717, 1.165) is 55.1 Å². The highest BCUT2D eigenvalue weighted by molar-refractivity contribution is 6.05. The van der Waals surface area contributed by atoms with Crippen LogP contribution in [0.2, 0.25) is 0 Å². The fourth-order valence-corrected chi connectivity index (χ4v) is 4.32. The van der Waals surface area contributed by atoms with Gasteiger partial charge < -0.3 is 31.4 Å². The summed E-state index contributed by atoms with van der Waals surface area (Å²) < 4.78 is 0. The third kappa shape index (κ3) is 6.86. The molecule has 0 unspecified atom stereocenters. The van der Waals surface area contributed by atoms with Crippen molar-refractivity contribution in [1.82, 2.24) is 4.90 Å². The number of rotatable bonds is 8. The standard InChI is InChI=1S/C28H32N6O3/c1-33-12-3-13-34(15-14-33)25-10-8-21(9-11-25)27(35)32-26-17-22(28(36)37)6-7-23(26)19-30-24-5-2-4-20(16-24)18-31-29/h2,4-11,16-18,30H,3,12-15,19,29H2,1H3,(H,32,35)(H,36,37). The van der Waals surface area contributed by atoms with Crippen LogP contribution in [-0.2, 0) is 6.54 Å². The van der Waals surface area contributed by atoms with Crippen LogP contribution in [0.25, 0.3) is 0 Å². The number of aromatic carboxylic acids is 1. The number of hydrazone groups is 1. The maximum Gasteiger partial charge on any atom is 0.335 e. The number of nitrogens with two attached hydrogens (primary N) is 1. The number of carboxylic acids is 1. The van der Waals surface area contributed by atoms with Crippen molar-refractivity contribution in [3.05, 3.63) is 89.0 Å². The highest BCUT2D eigenvalue weighted by Gasteiger charge is 2.15. The minimum atomic E-state index is -1.06. The van der Waals surface area contributed by atoms with Crippen LogP contribution in [0.3, 0.4) is 0 Å². The molecule has 9 nitrogen and oxygen atoms in total. The Morgan fingerprint density at radius 1 is 1.00 bits per heavy atom. The number of amides is 1. The molecule has 3 aromatic rings. The molecule has 0 aliphatic carbocycles. The highest BCUT2D eigenvalue weighted by atomic mass is 16.4. The van der Waals surface area contributed by atoms with Gasteiger partial charge >= 0.3 is 5.97 Å². The molecule has 1 fully saturated rings. The molecule has 1 saturated heterocycles. The van der Waals surface area contributed by atoms with Crippen molar-refractivity contribution in [3.63, 3.8) is 0 Å². The van der Waals surface area contributed by atoms with Crippen molar-refractivity contribution in [1.29, 1.82) is 0 Å². The maximum atomic E-state index is 13.1. The van der Waals surface area contributed by atoms with Crippen LogP contribution >= 0.6 is 0 Å². The average molecular weight is 501 g/mol. The number of anilines is 3. The number of carbonyl (C=O) groups is 2. The predicted octanol–water partition coefficient (Wildman–Crippen LogP) is 3.68. The van der Waals surface area contributed by atoms with Crippen molar-refractivity contribution >= 4 is 35.2 Å². The van der Waals surface area contributed by atoms with Crippen molar-refractivity contribution in [3.8, 4) is 0 Å². The summed E-state index contributed by atoms with van der Waals surface area (Å²) in [6, 6.07) is 19.8. The number of hydrogen-bond acceptors (Lipinski definition) is 7.